The van der Waals surface area contributed by atoms with Crippen molar-refractivity contribution in [3.05, 3.63) is 30.3 Å². The molecule has 0 radical (unpaired) electrons. The van der Waals surface area contributed by atoms with E-state index in [9.17, 15) is 9.59 Å². The third kappa shape index (κ3) is 2.50. The molecule has 1 aromatic carbocycles. The van der Waals surface area contributed by atoms with E-state index >= 15 is 0 Å². The average Bonchev–Trinajstić information content (AvgIpc) is 2.83. The molecule has 142 valence electrons. The van der Waals surface area contributed by atoms with Gasteiger partial charge in [0.05, 0.1) is 7.11 Å². The fourth-order valence-corrected chi connectivity index (χ4v) is 4.41. The Kier molecular flexibility index (Phi) is 4.27. The Hall–Kier alpha value is -2.32. The molecular formula is C19H21N3O4S. The van der Waals surface area contributed by atoms with Crippen molar-refractivity contribution in [1.82, 2.24) is 4.90 Å². The number of thiocarbonyl (C=S) groups is 1. The highest BCUT2D eigenvalue weighted by Gasteiger charge is 2.69. The summed E-state index contributed by atoms with van der Waals surface area (Å²) in [5.41, 5.74) is -1.93. The minimum Gasteiger partial charge on any atom is -0.469 e. The van der Waals surface area contributed by atoms with Crippen LogP contribution in [0.4, 0.5) is 5.69 Å². The number of hydrogen-bond acceptors (Lipinski definition) is 6. The van der Waals surface area contributed by atoms with Crippen molar-refractivity contribution >= 4 is 40.6 Å². The number of aliphatic imine (C=N–C) groups is 1. The molecule has 1 aromatic rings. The lowest BCUT2D eigenvalue weighted by Crippen LogP contribution is -2.65. The Morgan fingerprint density at radius 2 is 2.07 bits per heavy atom. The molecule has 2 unspecified atom stereocenters. The number of amides is 1. The highest BCUT2D eigenvalue weighted by Crippen LogP contribution is 2.48. The zero-order chi connectivity index (χ0) is 19.2. The number of hydrogen-bond donors (Lipinski definition) is 0. The van der Waals surface area contributed by atoms with Crippen LogP contribution in [0.25, 0.3) is 0 Å². The van der Waals surface area contributed by atoms with Gasteiger partial charge < -0.3 is 9.47 Å². The number of rotatable bonds is 3. The molecule has 7 nitrogen and oxygen atoms in total. The fourth-order valence-electron chi connectivity index (χ4n) is 4.02. The van der Waals surface area contributed by atoms with E-state index in [4.69, 9.17) is 21.7 Å². The molecule has 0 aliphatic carbocycles. The molecule has 0 aromatic heterocycles. The van der Waals surface area contributed by atoms with Crippen molar-refractivity contribution < 1.29 is 19.1 Å². The van der Waals surface area contributed by atoms with E-state index in [-0.39, 0.29) is 12.3 Å². The number of methoxy groups -OCH3 is 1. The van der Waals surface area contributed by atoms with Gasteiger partial charge in [0.2, 0.25) is 5.72 Å². The lowest BCUT2D eigenvalue weighted by atomic mass is 10.0. The Balaban J connectivity index is 1.92. The number of fused-ring (bicyclic) bond motifs is 4. The molecular weight excluding hydrogens is 366 g/mol. The van der Waals surface area contributed by atoms with Gasteiger partial charge in [0.15, 0.2) is 5.60 Å². The second kappa shape index (κ2) is 6.38. The van der Waals surface area contributed by atoms with Gasteiger partial charge in [-0.25, -0.2) is 0 Å². The number of amidine groups is 1. The van der Waals surface area contributed by atoms with Crippen LogP contribution in [0.15, 0.2) is 35.3 Å². The third-order valence-corrected chi connectivity index (χ3v) is 5.86. The maximum atomic E-state index is 13.6. The quantitative estimate of drug-likeness (QED) is 0.583. The van der Waals surface area contributed by atoms with Gasteiger partial charge in [0.1, 0.15) is 17.2 Å². The highest BCUT2D eigenvalue weighted by atomic mass is 32.1. The van der Waals surface area contributed by atoms with E-state index in [2.05, 4.69) is 4.99 Å². The van der Waals surface area contributed by atoms with Crippen molar-refractivity contribution in [3.63, 3.8) is 0 Å². The van der Waals surface area contributed by atoms with Crippen LogP contribution in [0.3, 0.4) is 0 Å². The van der Waals surface area contributed by atoms with Crippen LogP contribution in [-0.2, 0) is 19.1 Å². The summed E-state index contributed by atoms with van der Waals surface area (Å²) in [7, 11) is 1.30. The number of ether oxygens (including phenoxy) is 2. The molecule has 27 heavy (non-hydrogen) atoms. The monoisotopic (exact) mass is 387 g/mol. The maximum absolute atomic E-state index is 13.6. The van der Waals surface area contributed by atoms with E-state index in [1.54, 1.807) is 9.80 Å². The number of esters is 1. The second-order valence-corrected chi connectivity index (χ2v) is 7.40. The molecule has 2 fully saturated rings. The molecule has 3 heterocycles. The van der Waals surface area contributed by atoms with Crippen LogP contribution >= 0.6 is 12.2 Å². The van der Waals surface area contributed by atoms with E-state index in [0.29, 0.717) is 29.6 Å². The molecule has 3 aliphatic heterocycles. The fraction of sp³-hybridized carbons (Fsp3) is 0.474. The number of carbonyl (C=O) groups is 2. The molecule has 8 heteroatoms. The number of anilines is 1. The number of morpholine rings is 1. The largest absolute Gasteiger partial charge is 0.469 e. The minimum atomic E-state index is -1.57. The van der Waals surface area contributed by atoms with E-state index in [1.807, 2.05) is 37.3 Å². The van der Waals surface area contributed by atoms with Crippen molar-refractivity contribution in [2.75, 3.05) is 25.1 Å². The van der Waals surface area contributed by atoms with Crippen molar-refractivity contribution in [1.29, 1.82) is 0 Å². The second-order valence-electron chi connectivity index (χ2n) is 7.02. The SMILES string of the molecule is COC(=O)CC12OC(C)(C(=S)N1c1ccccc1)C1=NCCCCN1C2=O. The van der Waals surface area contributed by atoms with E-state index in [0.717, 1.165) is 12.8 Å². The summed E-state index contributed by atoms with van der Waals surface area (Å²) in [6.45, 7) is 2.98. The van der Waals surface area contributed by atoms with Crippen LogP contribution in [0.5, 0.6) is 0 Å². The first-order valence-corrected chi connectivity index (χ1v) is 9.38. The standard InChI is InChI=1S/C19H21N3O4S/c1-18-15-20-10-6-7-11-21(15)16(24)19(26-18,12-14(23)25-2)22(17(18)27)13-8-4-3-5-9-13/h3-5,8-9H,6-7,10-12H2,1-2H3. The number of benzene rings is 1. The Morgan fingerprint density at radius 1 is 1.33 bits per heavy atom. The highest BCUT2D eigenvalue weighted by molar-refractivity contribution is 7.81. The predicted octanol–water partition coefficient (Wildman–Crippen LogP) is 1.90. The van der Waals surface area contributed by atoms with Crippen molar-refractivity contribution in [2.24, 2.45) is 4.99 Å². The van der Waals surface area contributed by atoms with Crippen LogP contribution in [0.2, 0.25) is 0 Å². The Bertz CT molecular complexity index is 843. The molecule has 4 rings (SSSR count). The first kappa shape index (κ1) is 18.1. The van der Waals surface area contributed by atoms with Crippen molar-refractivity contribution in [2.45, 2.75) is 37.5 Å². The topological polar surface area (TPSA) is 71.4 Å². The van der Waals surface area contributed by atoms with Crippen LogP contribution in [0, 0.1) is 0 Å². The van der Waals surface area contributed by atoms with Gasteiger partial charge in [-0.05, 0) is 31.9 Å². The molecule has 1 amide bonds. The predicted molar refractivity (Wildman–Crippen MR) is 104 cm³/mol. The van der Waals surface area contributed by atoms with Crippen LogP contribution < -0.4 is 4.90 Å². The molecule has 0 saturated carbocycles. The minimum absolute atomic E-state index is 0.253. The van der Waals surface area contributed by atoms with Gasteiger partial charge >= 0.3 is 5.97 Å². The first-order valence-electron chi connectivity index (χ1n) is 8.97. The van der Waals surface area contributed by atoms with Gasteiger partial charge in [-0.2, -0.15) is 0 Å². The molecule has 2 saturated heterocycles. The summed E-state index contributed by atoms with van der Waals surface area (Å²) in [5, 5.41) is 0. The normalized spacial score (nSPS) is 29.9. The zero-order valence-corrected chi connectivity index (χ0v) is 16.1. The van der Waals surface area contributed by atoms with Crippen LogP contribution in [-0.4, -0.2) is 59.1 Å². The van der Waals surface area contributed by atoms with Gasteiger partial charge in [0.25, 0.3) is 5.91 Å². The van der Waals surface area contributed by atoms with Gasteiger partial charge in [-0.1, -0.05) is 30.4 Å². The zero-order valence-electron chi connectivity index (χ0n) is 15.3. The number of carbonyl (C=O) groups excluding carboxylic acids is 2. The molecule has 0 N–H and O–H groups in total. The first-order chi connectivity index (χ1) is 12.9. The van der Waals surface area contributed by atoms with Crippen molar-refractivity contribution in [3.8, 4) is 0 Å². The lowest BCUT2D eigenvalue weighted by molar-refractivity contribution is -0.171. The van der Waals surface area contributed by atoms with Gasteiger partial charge in [-0.15, -0.1) is 0 Å². The summed E-state index contributed by atoms with van der Waals surface area (Å²) in [4.78, 5) is 34.2. The Morgan fingerprint density at radius 3 is 2.78 bits per heavy atom. The van der Waals surface area contributed by atoms with Crippen LogP contribution in [0.1, 0.15) is 26.2 Å². The summed E-state index contributed by atoms with van der Waals surface area (Å²) in [5.74, 6) is -0.324. The summed E-state index contributed by atoms with van der Waals surface area (Å²) >= 11 is 5.79. The molecule has 2 atom stereocenters. The molecule has 2 bridgehead atoms. The van der Waals surface area contributed by atoms with E-state index in [1.165, 1.54) is 7.11 Å². The Labute approximate surface area is 162 Å². The smallest absolute Gasteiger partial charge is 0.311 e. The summed E-state index contributed by atoms with van der Waals surface area (Å²) in [6, 6.07) is 9.28. The summed E-state index contributed by atoms with van der Waals surface area (Å²) < 4.78 is 11.2. The van der Waals surface area contributed by atoms with Gasteiger partial charge in [0, 0.05) is 18.8 Å². The van der Waals surface area contributed by atoms with E-state index < -0.39 is 17.3 Å². The number of para-hydroxylation sites is 1. The summed E-state index contributed by atoms with van der Waals surface area (Å²) in [6.07, 6.45) is 1.47. The average molecular weight is 387 g/mol. The number of nitrogens with zero attached hydrogens (tertiary/aromatic N) is 3. The molecule has 3 aliphatic rings. The van der Waals surface area contributed by atoms with Gasteiger partial charge in [-0.3, -0.25) is 24.4 Å². The third-order valence-electron chi connectivity index (χ3n) is 5.28. The molecule has 0 spiro atoms. The maximum Gasteiger partial charge on any atom is 0.311 e. The lowest BCUT2D eigenvalue weighted by Gasteiger charge is -2.43.